The number of esters is 4. The van der Waals surface area contributed by atoms with Gasteiger partial charge in [0.2, 0.25) is 0 Å². The third-order valence-corrected chi connectivity index (χ3v) is 16.5. The fraction of sp³-hybridized carbons (Fsp3) is 0.387. The second-order valence-corrected chi connectivity index (χ2v) is 23.3. The van der Waals surface area contributed by atoms with Crippen LogP contribution in [0.25, 0.3) is 0 Å². The van der Waals surface area contributed by atoms with Crippen LogP contribution in [0.1, 0.15) is 110 Å². The number of carbonyl (C=O) groups excluding carboxylic acids is 4. The molecule has 0 aliphatic carbocycles. The van der Waals surface area contributed by atoms with Gasteiger partial charge in [-0.1, -0.05) is 203 Å². The highest BCUT2D eigenvalue weighted by molar-refractivity contribution is 5.91. The molecule has 15 atom stereocenters. The van der Waals surface area contributed by atoms with Crippen molar-refractivity contribution in [1.82, 2.24) is 0 Å². The van der Waals surface area contributed by atoms with E-state index in [1.807, 2.05) is 97.9 Å². The minimum absolute atomic E-state index is 0.0166. The molecule has 0 amide bonds. The highest BCUT2D eigenvalue weighted by atomic mass is 16.8. The Balaban J connectivity index is 1.10. The van der Waals surface area contributed by atoms with Crippen molar-refractivity contribution in [3.8, 4) is 0 Å². The summed E-state index contributed by atoms with van der Waals surface area (Å²) in [5, 5.41) is 24.2. The van der Waals surface area contributed by atoms with Gasteiger partial charge in [0.05, 0.1) is 48.2 Å². The Kier molecular flexibility index (Phi) is 26.0. The molecule has 3 fully saturated rings. The molecule has 19 heteroatoms. The lowest BCUT2D eigenvalue weighted by atomic mass is 9.95. The van der Waals surface area contributed by atoms with Crippen LogP contribution in [0.5, 0.6) is 0 Å². The van der Waals surface area contributed by atoms with E-state index in [4.69, 9.17) is 61.6 Å². The Morgan fingerprint density at radius 3 is 1.23 bits per heavy atom. The van der Waals surface area contributed by atoms with Gasteiger partial charge in [0, 0.05) is 6.61 Å². The van der Waals surface area contributed by atoms with Gasteiger partial charge in [0.15, 0.2) is 31.1 Å². The minimum atomic E-state index is -1.99. The van der Waals surface area contributed by atoms with E-state index in [9.17, 15) is 29.4 Å². The van der Waals surface area contributed by atoms with Gasteiger partial charge in [-0.2, -0.15) is 0 Å². The van der Waals surface area contributed by atoms with E-state index in [1.54, 1.807) is 109 Å². The average Bonchev–Trinajstić information content (AvgIpc) is 0.821. The number of aliphatic hydroxyl groups is 2. The van der Waals surface area contributed by atoms with Crippen molar-refractivity contribution in [3.05, 3.63) is 251 Å². The Hall–Kier alpha value is -8.02. The maximum absolute atomic E-state index is 14.9. The molecule has 3 aliphatic heterocycles. The number of carbonyl (C=O) groups is 4. The number of ether oxygens (including phenoxy) is 13. The summed E-state index contributed by atoms with van der Waals surface area (Å²) in [6, 6.07) is 61.4. The third kappa shape index (κ3) is 19.1. The average molecular weight is 1290 g/mol. The summed E-state index contributed by atoms with van der Waals surface area (Å²) in [4.78, 5) is 56.8. The molecule has 0 spiro atoms. The van der Waals surface area contributed by atoms with Crippen molar-refractivity contribution in [2.24, 2.45) is 0 Å². The Labute approximate surface area is 548 Å². The van der Waals surface area contributed by atoms with Gasteiger partial charge in [-0.05, 0) is 78.6 Å². The number of unbranched alkanes of at least 4 members (excludes halogenated alkanes) is 5. The van der Waals surface area contributed by atoms with E-state index in [1.165, 1.54) is 12.1 Å². The van der Waals surface area contributed by atoms with E-state index in [0.29, 0.717) is 6.42 Å². The molecule has 3 aliphatic rings. The van der Waals surface area contributed by atoms with Crippen LogP contribution in [0.2, 0.25) is 0 Å². The highest BCUT2D eigenvalue weighted by Gasteiger charge is 2.58. The van der Waals surface area contributed by atoms with Crippen molar-refractivity contribution in [1.29, 1.82) is 0 Å². The molecule has 94 heavy (non-hydrogen) atoms. The van der Waals surface area contributed by atoms with E-state index in [2.05, 4.69) is 6.92 Å². The van der Waals surface area contributed by atoms with Crippen LogP contribution in [-0.2, 0) is 81.4 Å². The molecule has 2 N–H and O–H groups in total. The second-order valence-electron chi connectivity index (χ2n) is 23.3. The number of benzene rings is 7. The van der Waals surface area contributed by atoms with Gasteiger partial charge in [-0.15, -0.1) is 0 Å². The summed E-state index contributed by atoms with van der Waals surface area (Å²) in [6.45, 7) is 3.13. The van der Waals surface area contributed by atoms with E-state index < -0.39 is 129 Å². The van der Waals surface area contributed by atoms with E-state index in [0.717, 1.165) is 48.8 Å². The Morgan fingerprint density at radius 1 is 0.362 bits per heavy atom. The molecule has 7 aromatic rings. The van der Waals surface area contributed by atoms with Gasteiger partial charge in [-0.25, -0.2) is 19.2 Å². The van der Waals surface area contributed by atoms with Crippen LogP contribution in [0.15, 0.2) is 212 Å². The molecule has 0 saturated carbocycles. The zero-order valence-corrected chi connectivity index (χ0v) is 52.7. The van der Waals surface area contributed by atoms with Gasteiger partial charge >= 0.3 is 23.9 Å². The quantitative estimate of drug-likeness (QED) is 0.0234. The van der Waals surface area contributed by atoms with Crippen molar-refractivity contribution in [2.45, 2.75) is 164 Å². The molecule has 7 aromatic carbocycles. The molecule has 496 valence electrons. The molecule has 0 aromatic heterocycles. The molecule has 3 heterocycles. The minimum Gasteiger partial charge on any atom is -0.459 e. The normalized spacial score (nSPS) is 25.9. The first kappa shape index (κ1) is 68.8. The lowest BCUT2D eigenvalue weighted by molar-refractivity contribution is -0.389. The fourth-order valence-corrected chi connectivity index (χ4v) is 11.4. The van der Waals surface area contributed by atoms with Gasteiger partial charge < -0.3 is 71.8 Å². The maximum atomic E-state index is 14.9. The molecule has 0 bridgehead atoms. The van der Waals surface area contributed by atoms with E-state index >= 15 is 0 Å². The van der Waals surface area contributed by atoms with Gasteiger partial charge in [0.1, 0.15) is 68.1 Å². The first-order chi connectivity index (χ1) is 46.0. The predicted octanol–water partition coefficient (Wildman–Crippen LogP) is 11.0. The lowest BCUT2D eigenvalue weighted by Crippen LogP contribution is -2.68. The largest absolute Gasteiger partial charge is 0.459 e. The van der Waals surface area contributed by atoms with Gasteiger partial charge in [0.25, 0.3) is 0 Å². The summed E-state index contributed by atoms with van der Waals surface area (Å²) < 4.78 is 87.3. The van der Waals surface area contributed by atoms with Crippen LogP contribution in [0, 0.1) is 0 Å². The summed E-state index contributed by atoms with van der Waals surface area (Å²) in [5.41, 5.74) is 3.16. The SMILES string of the molecule is CCCCCCCCO[C@@H]1O[C@H](COC(=O)c2ccccc2)[C@@H](O[C@@H]2O[C@H](COC(=O)c3ccccc3)[C@H](O)[C@H](O)[C@H]2OC(=O)c2ccccc2)[C@H](O[C@@H]2O[C@@H](C)[C@@H](OCc3ccccc3)[C@@H](OCc3ccccc3)[C@@H]2OCc2ccccc2)[C@H]1OC(=O)c1ccccc1. The van der Waals surface area contributed by atoms with Gasteiger partial charge in [-0.3, -0.25) is 0 Å². The smallest absolute Gasteiger partial charge is 0.338 e. The number of rotatable bonds is 31. The fourth-order valence-electron chi connectivity index (χ4n) is 11.4. The van der Waals surface area contributed by atoms with Crippen molar-refractivity contribution < 1.29 is 91.0 Å². The third-order valence-electron chi connectivity index (χ3n) is 16.5. The summed E-state index contributed by atoms with van der Waals surface area (Å²) in [6.07, 6.45) is -16.9. The monoisotopic (exact) mass is 1290 g/mol. The summed E-state index contributed by atoms with van der Waals surface area (Å²) in [5.74, 6) is -3.27. The topological polar surface area (TPSA) is 229 Å². The molecular weight excluding hydrogens is 1200 g/mol. The highest BCUT2D eigenvalue weighted by Crippen LogP contribution is 2.39. The standard InChI is InChI=1S/C75H82O19/c1-3-4-5-6-7-29-44-82-73-68(92-72(81)57-42-27-14-28-43-57)66(94-75-67(85-47-53-34-19-10-20-35-53)65(84-46-52-32-17-9-18-33-52)62(50(2)88-75)83-45-51-30-15-8-16-31-51)63(59(90-73)49-87-70(79)55-38-23-12-24-39-55)93-74-64(91-71(80)56-40-25-13-26-41-56)61(77)60(76)58(89-74)48-86-69(78)54-36-21-11-22-37-54/h8-28,30-43,50,58-68,73-77H,3-7,29,44-49H2,1-2H3/t50-,58+,59+,60-,61-,62+,63+,64+,65+,66-,67-,68+,73+,74-,75-/m0/s1. The molecule has 10 rings (SSSR count). The molecule has 19 nitrogen and oxygen atoms in total. The molecule has 0 radical (unpaired) electrons. The van der Waals surface area contributed by atoms with Crippen molar-refractivity contribution in [2.75, 3.05) is 19.8 Å². The number of hydrogen-bond acceptors (Lipinski definition) is 19. The predicted molar refractivity (Wildman–Crippen MR) is 343 cm³/mol. The van der Waals surface area contributed by atoms with Crippen LogP contribution in [0.3, 0.4) is 0 Å². The van der Waals surface area contributed by atoms with Crippen LogP contribution in [0.4, 0.5) is 0 Å². The first-order valence-electron chi connectivity index (χ1n) is 32.2. The van der Waals surface area contributed by atoms with E-state index in [-0.39, 0.29) is 48.7 Å². The first-order valence-corrected chi connectivity index (χ1v) is 32.2. The zero-order valence-electron chi connectivity index (χ0n) is 52.7. The van der Waals surface area contributed by atoms with Crippen molar-refractivity contribution in [3.63, 3.8) is 0 Å². The van der Waals surface area contributed by atoms with Crippen LogP contribution in [-0.4, -0.2) is 146 Å². The van der Waals surface area contributed by atoms with Crippen LogP contribution < -0.4 is 0 Å². The molecule has 3 saturated heterocycles. The number of aliphatic hydroxyl groups excluding tert-OH is 2. The maximum Gasteiger partial charge on any atom is 0.338 e. The molecule has 0 unspecified atom stereocenters. The number of hydrogen-bond donors (Lipinski definition) is 2. The summed E-state index contributed by atoms with van der Waals surface area (Å²) >= 11 is 0. The Morgan fingerprint density at radius 2 is 0.745 bits per heavy atom. The second kappa shape index (κ2) is 35.5. The lowest BCUT2D eigenvalue weighted by Gasteiger charge is -2.51. The van der Waals surface area contributed by atoms with Crippen molar-refractivity contribution >= 4 is 23.9 Å². The zero-order chi connectivity index (χ0) is 65.4. The Bertz CT molecular complexity index is 3370. The van der Waals surface area contributed by atoms with Crippen LogP contribution >= 0.6 is 0 Å². The molecular formula is C75H82O19. The summed E-state index contributed by atoms with van der Waals surface area (Å²) in [7, 11) is 0.